The molecule has 1 heterocycles. The van der Waals surface area contributed by atoms with Gasteiger partial charge in [-0.2, -0.15) is 0 Å². The van der Waals surface area contributed by atoms with Crippen LogP contribution in [0.4, 0.5) is 11.4 Å². The van der Waals surface area contributed by atoms with Crippen molar-refractivity contribution >= 4 is 33.9 Å². The van der Waals surface area contributed by atoms with E-state index in [1.165, 1.54) is 43.1 Å². The van der Waals surface area contributed by atoms with Crippen LogP contribution in [-0.2, 0) is 0 Å². The van der Waals surface area contributed by atoms with Crippen LogP contribution in [0.25, 0.3) is 21.9 Å². The molecule has 5 rings (SSSR count). The van der Waals surface area contributed by atoms with Gasteiger partial charge in [0.15, 0.2) is 0 Å². The van der Waals surface area contributed by atoms with Crippen LogP contribution in [0.2, 0.25) is 0 Å². The molecule has 4 aromatic rings. The first-order valence-corrected chi connectivity index (χ1v) is 8.87. The van der Waals surface area contributed by atoms with Crippen LogP contribution in [0, 0.1) is 0 Å². The minimum Gasteiger partial charge on any atom is -0.353 e. The maximum Gasteiger partial charge on any atom is 0.0606 e. The summed E-state index contributed by atoms with van der Waals surface area (Å²) in [5.41, 5.74) is 4.92. The fourth-order valence-corrected chi connectivity index (χ4v) is 4.36. The van der Waals surface area contributed by atoms with Gasteiger partial charge < -0.3 is 5.32 Å². The summed E-state index contributed by atoms with van der Waals surface area (Å²) in [6.07, 6.45) is 0. The summed E-state index contributed by atoms with van der Waals surface area (Å²) in [5, 5.41) is 6.22. The predicted octanol–water partition coefficient (Wildman–Crippen LogP) is 6.72. The van der Waals surface area contributed by atoms with Gasteiger partial charge in [0.2, 0.25) is 0 Å². The molecule has 0 unspecified atom stereocenters. The van der Waals surface area contributed by atoms with Gasteiger partial charge in [0.25, 0.3) is 0 Å². The van der Waals surface area contributed by atoms with Crippen LogP contribution in [-0.4, -0.2) is 0 Å². The minimum absolute atomic E-state index is 1.18. The molecular formula is C22H15NS. The van der Waals surface area contributed by atoms with E-state index >= 15 is 0 Å². The summed E-state index contributed by atoms with van der Waals surface area (Å²) in [6.45, 7) is 0. The van der Waals surface area contributed by atoms with Gasteiger partial charge in [0.1, 0.15) is 0 Å². The average Bonchev–Trinajstić information content (AvgIpc) is 2.65. The van der Waals surface area contributed by atoms with Crippen molar-refractivity contribution in [2.45, 2.75) is 9.79 Å². The number of fused-ring (bicyclic) bond motifs is 3. The summed E-state index contributed by atoms with van der Waals surface area (Å²) in [4.78, 5) is 2.55. The summed E-state index contributed by atoms with van der Waals surface area (Å²) in [6, 6.07) is 30.1. The van der Waals surface area contributed by atoms with E-state index in [1.807, 2.05) is 11.8 Å². The fourth-order valence-electron chi connectivity index (χ4n) is 3.34. The summed E-state index contributed by atoms with van der Waals surface area (Å²) < 4.78 is 0. The van der Waals surface area contributed by atoms with E-state index in [1.54, 1.807) is 0 Å². The molecule has 114 valence electrons. The molecule has 0 atom stereocenters. The second-order valence-corrected chi connectivity index (χ2v) is 7.01. The van der Waals surface area contributed by atoms with Gasteiger partial charge in [-0.3, -0.25) is 0 Å². The normalized spacial score (nSPS) is 12.3. The second kappa shape index (κ2) is 5.43. The zero-order valence-electron chi connectivity index (χ0n) is 13.0. The molecule has 1 aliphatic rings. The number of anilines is 2. The largest absolute Gasteiger partial charge is 0.353 e. The molecule has 0 saturated carbocycles. The maximum absolute atomic E-state index is 3.65. The van der Waals surface area contributed by atoms with Gasteiger partial charge in [-0.15, -0.1) is 0 Å². The van der Waals surface area contributed by atoms with Crippen LogP contribution in [0.3, 0.4) is 0 Å². The van der Waals surface area contributed by atoms with Crippen molar-refractivity contribution in [2.75, 3.05) is 5.32 Å². The zero-order valence-corrected chi connectivity index (χ0v) is 13.8. The van der Waals surface area contributed by atoms with Gasteiger partial charge >= 0.3 is 0 Å². The van der Waals surface area contributed by atoms with Gasteiger partial charge in [-0.05, 0) is 34.5 Å². The van der Waals surface area contributed by atoms with Crippen LogP contribution < -0.4 is 5.32 Å². The highest BCUT2D eigenvalue weighted by molar-refractivity contribution is 7.99. The Kier molecular flexibility index (Phi) is 3.10. The zero-order chi connectivity index (χ0) is 15.9. The standard InChI is InChI=1S/C22H15NS/c1-2-9-16-15(7-1)8-5-10-17(16)18-11-6-14-21-22(18)23-19-12-3-4-13-20(19)24-21/h1-14,23H. The quantitative estimate of drug-likeness (QED) is 0.367. The molecule has 24 heavy (non-hydrogen) atoms. The number of rotatable bonds is 1. The van der Waals surface area contributed by atoms with Gasteiger partial charge in [-0.25, -0.2) is 0 Å². The summed E-state index contributed by atoms with van der Waals surface area (Å²) in [5.74, 6) is 0. The monoisotopic (exact) mass is 325 g/mol. The third kappa shape index (κ3) is 2.11. The molecular weight excluding hydrogens is 310 g/mol. The molecule has 0 radical (unpaired) electrons. The van der Waals surface area contributed by atoms with E-state index in [-0.39, 0.29) is 0 Å². The Hall–Kier alpha value is -2.71. The Morgan fingerprint density at radius 3 is 2.29 bits per heavy atom. The van der Waals surface area contributed by atoms with Crippen LogP contribution in [0.15, 0.2) is 94.7 Å². The van der Waals surface area contributed by atoms with E-state index in [0.717, 1.165) is 0 Å². The highest BCUT2D eigenvalue weighted by Crippen LogP contribution is 2.48. The lowest BCUT2D eigenvalue weighted by Crippen LogP contribution is -2.01. The van der Waals surface area contributed by atoms with Crippen LogP contribution in [0.1, 0.15) is 0 Å². The molecule has 0 aromatic heterocycles. The molecule has 0 bridgehead atoms. The third-order valence-corrected chi connectivity index (χ3v) is 5.61. The van der Waals surface area contributed by atoms with Gasteiger partial charge in [-0.1, -0.05) is 78.5 Å². The number of benzene rings is 4. The predicted molar refractivity (Wildman–Crippen MR) is 103 cm³/mol. The smallest absolute Gasteiger partial charge is 0.0606 e. The number of para-hydroxylation sites is 2. The molecule has 2 heteroatoms. The Labute approximate surface area is 145 Å². The fraction of sp³-hybridized carbons (Fsp3) is 0. The van der Waals surface area contributed by atoms with E-state index in [9.17, 15) is 0 Å². The molecule has 1 nitrogen and oxygen atoms in total. The van der Waals surface area contributed by atoms with Crippen molar-refractivity contribution in [1.82, 2.24) is 0 Å². The second-order valence-electron chi connectivity index (χ2n) is 5.93. The minimum atomic E-state index is 1.18. The number of hydrogen-bond acceptors (Lipinski definition) is 2. The van der Waals surface area contributed by atoms with E-state index in [4.69, 9.17) is 0 Å². The molecule has 0 fully saturated rings. The lowest BCUT2D eigenvalue weighted by Gasteiger charge is -2.23. The van der Waals surface area contributed by atoms with Crippen molar-refractivity contribution in [2.24, 2.45) is 0 Å². The van der Waals surface area contributed by atoms with Crippen LogP contribution >= 0.6 is 11.8 Å². The highest BCUT2D eigenvalue weighted by Gasteiger charge is 2.19. The maximum atomic E-state index is 3.65. The topological polar surface area (TPSA) is 12.0 Å². The van der Waals surface area contributed by atoms with Crippen LogP contribution in [0.5, 0.6) is 0 Å². The first-order valence-electron chi connectivity index (χ1n) is 8.05. The SMILES string of the molecule is c1ccc2c(c1)Nc1c(cccc1-c1cccc3ccccc13)S2. The van der Waals surface area contributed by atoms with Gasteiger partial charge in [0.05, 0.1) is 11.4 Å². The van der Waals surface area contributed by atoms with E-state index in [0.29, 0.717) is 0 Å². The molecule has 0 aliphatic carbocycles. The Morgan fingerprint density at radius 2 is 1.29 bits per heavy atom. The lowest BCUT2D eigenvalue weighted by atomic mass is 9.97. The Bertz CT molecular complexity index is 1060. The van der Waals surface area contributed by atoms with Crippen molar-refractivity contribution < 1.29 is 0 Å². The lowest BCUT2D eigenvalue weighted by molar-refractivity contribution is 1.32. The van der Waals surface area contributed by atoms with Crippen molar-refractivity contribution in [3.8, 4) is 11.1 Å². The summed E-state index contributed by atoms with van der Waals surface area (Å²) >= 11 is 1.83. The summed E-state index contributed by atoms with van der Waals surface area (Å²) in [7, 11) is 0. The van der Waals surface area contributed by atoms with Crippen molar-refractivity contribution in [1.29, 1.82) is 0 Å². The Balaban J connectivity index is 1.74. The van der Waals surface area contributed by atoms with Gasteiger partial charge in [0, 0.05) is 15.4 Å². The molecule has 1 N–H and O–H groups in total. The van der Waals surface area contributed by atoms with E-state index in [2.05, 4.69) is 90.2 Å². The molecule has 1 aliphatic heterocycles. The first-order chi connectivity index (χ1) is 11.9. The first kappa shape index (κ1) is 13.7. The average molecular weight is 325 g/mol. The molecule has 0 saturated heterocycles. The van der Waals surface area contributed by atoms with E-state index < -0.39 is 0 Å². The Morgan fingerprint density at radius 1 is 0.583 bits per heavy atom. The highest BCUT2D eigenvalue weighted by atomic mass is 32.2. The van der Waals surface area contributed by atoms with Crippen molar-refractivity contribution in [3.05, 3.63) is 84.9 Å². The number of nitrogens with one attached hydrogen (secondary N) is 1. The molecule has 0 amide bonds. The third-order valence-electron chi connectivity index (χ3n) is 4.47. The molecule has 0 spiro atoms. The molecule has 4 aromatic carbocycles. The number of hydrogen-bond donors (Lipinski definition) is 1. The van der Waals surface area contributed by atoms with Crippen molar-refractivity contribution in [3.63, 3.8) is 0 Å².